The third-order valence-electron chi connectivity index (χ3n) is 14.1. The third kappa shape index (κ3) is 6.11. The molecule has 0 radical (unpaired) electrons. The maximum Gasteiger partial charge on any atom is 0.0726 e. The Morgan fingerprint density at radius 2 is 0.672 bits per heavy atom. The zero-order valence-electron chi connectivity index (χ0n) is 36.8. The average molecular weight is 853 g/mol. The number of rotatable bonds is 8. The largest absolute Gasteiger partial charge is 0.310 e. The molecule has 2 aliphatic carbocycles. The summed E-state index contributed by atoms with van der Waals surface area (Å²) in [5.74, 6) is 0. The topological polar surface area (TPSA) is 6.48 Å². The van der Waals surface area contributed by atoms with Gasteiger partial charge in [0.2, 0.25) is 0 Å². The second kappa shape index (κ2) is 15.8. The molecule has 0 N–H and O–H groups in total. The molecule has 0 atom stereocenters. The van der Waals surface area contributed by atoms with Crippen LogP contribution in [0.4, 0.5) is 34.1 Å². The standard InChI is InChI=1S/C65H44N2/c1-4-18-45(19-5-1)46-32-35-50(36-33-46)66(53-41-42-58-57-28-14-17-31-61(57)65(62(58)44-53)59-29-15-12-26-55(59)56-27-13-16-30-60(56)65)51-37-39-52(40-38-51)67(49-23-8-3-9-24-49)63-43-34-47-20-10-11-25-54(47)64(63)48-21-6-2-7-22-48/h1-44H. The molecule has 13 rings (SSSR count). The smallest absolute Gasteiger partial charge is 0.0726 e. The summed E-state index contributed by atoms with van der Waals surface area (Å²) in [6, 6.07) is 97.9. The highest BCUT2D eigenvalue weighted by atomic mass is 15.2. The van der Waals surface area contributed by atoms with Crippen LogP contribution in [0.15, 0.2) is 267 Å². The zero-order chi connectivity index (χ0) is 44.3. The van der Waals surface area contributed by atoms with Crippen LogP contribution < -0.4 is 9.80 Å². The Balaban J connectivity index is 0.999. The SMILES string of the molecule is c1ccc(-c2ccc(N(c3ccc(N(c4ccccc4)c4ccc5ccccc5c4-c4ccccc4)cc3)c3ccc4c(c3)C3(c5ccccc5-c5ccccc53)c3ccccc3-4)cc2)cc1. The van der Waals surface area contributed by atoms with E-state index < -0.39 is 5.41 Å². The zero-order valence-corrected chi connectivity index (χ0v) is 36.8. The van der Waals surface area contributed by atoms with Crippen LogP contribution in [0.1, 0.15) is 22.3 Å². The normalized spacial score (nSPS) is 12.6. The first-order chi connectivity index (χ1) is 33.3. The van der Waals surface area contributed by atoms with Gasteiger partial charge in [-0.25, -0.2) is 0 Å². The van der Waals surface area contributed by atoms with Gasteiger partial charge < -0.3 is 9.80 Å². The molecular weight excluding hydrogens is 809 g/mol. The Morgan fingerprint density at radius 1 is 0.254 bits per heavy atom. The number of nitrogens with zero attached hydrogens (tertiary/aromatic N) is 2. The first-order valence-corrected chi connectivity index (χ1v) is 23.2. The maximum atomic E-state index is 2.48. The van der Waals surface area contributed by atoms with Crippen LogP contribution in [0, 0.1) is 0 Å². The van der Waals surface area contributed by atoms with Crippen molar-refractivity contribution in [2.24, 2.45) is 0 Å². The van der Waals surface area contributed by atoms with Crippen molar-refractivity contribution < 1.29 is 0 Å². The second-order valence-corrected chi connectivity index (χ2v) is 17.6. The molecule has 314 valence electrons. The quantitative estimate of drug-likeness (QED) is 0.150. The Morgan fingerprint density at radius 3 is 1.27 bits per heavy atom. The van der Waals surface area contributed by atoms with Gasteiger partial charge in [-0.2, -0.15) is 0 Å². The van der Waals surface area contributed by atoms with Crippen molar-refractivity contribution in [3.63, 3.8) is 0 Å². The van der Waals surface area contributed by atoms with Gasteiger partial charge in [-0.05, 0) is 139 Å². The lowest BCUT2D eigenvalue weighted by atomic mass is 9.70. The number of anilines is 6. The lowest BCUT2D eigenvalue weighted by Gasteiger charge is -2.32. The van der Waals surface area contributed by atoms with E-state index in [0.717, 1.165) is 34.1 Å². The Bertz CT molecular complexity index is 3550. The van der Waals surface area contributed by atoms with Crippen molar-refractivity contribution in [2.45, 2.75) is 5.41 Å². The summed E-state index contributed by atoms with van der Waals surface area (Å²) < 4.78 is 0. The molecule has 11 aromatic carbocycles. The van der Waals surface area contributed by atoms with Crippen molar-refractivity contribution >= 4 is 44.9 Å². The highest BCUT2D eigenvalue weighted by molar-refractivity contribution is 6.05. The number of benzene rings is 11. The van der Waals surface area contributed by atoms with E-state index in [0.29, 0.717) is 0 Å². The summed E-state index contributed by atoms with van der Waals surface area (Å²) >= 11 is 0. The molecule has 0 unspecified atom stereocenters. The molecule has 0 amide bonds. The molecule has 67 heavy (non-hydrogen) atoms. The summed E-state index contributed by atoms with van der Waals surface area (Å²) in [5, 5.41) is 2.43. The van der Waals surface area contributed by atoms with E-state index in [2.05, 4.69) is 277 Å². The lowest BCUT2D eigenvalue weighted by Crippen LogP contribution is -2.26. The van der Waals surface area contributed by atoms with Gasteiger partial charge in [-0.15, -0.1) is 0 Å². The molecule has 0 aromatic heterocycles. The molecular formula is C65H44N2. The summed E-state index contributed by atoms with van der Waals surface area (Å²) in [6.45, 7) is 0. The van der Waals surface area contributed by atoms with E-state index in [1.807, 2.05) is 0 Å². The maximum absolute atomic E-state index is 2.48. The van der Waals surface area contributed by atoms with Gasteiger partial charge >= 0.3 is 0 Å². The van der Waals surface area contributed by atoms with Gasteiger partial charge in [0.25, 0.3) is 0 Å². The van der Waals surface area contributed by atoms with E-state index in [1.165, 1.54) is 77.5 Å². The molecule has 2 heteroatoms. The van der Waals surface area contributed by atoms with E-state index in [4.69, 9.17) is 0 Å². The molecule has 0 aliphatic heterocycles. The van der Waals surface area contributed by atoms with Gasteiger partial charge in [0.15, 0.2) is 0 Å². The molecule has 0 heterocycles. The lowest BCUT2D eigenvalue weighted by molar-refractivity contribution is 0.793. The highest BCUT2D eigenvalue weighted by Crippen LogP contribution is 2.63. The van der Waals surface area contributed by atoms with Gasteiger partial charge in [0.05, 0.1) is 11.1 Å². The molecule has 2 nitrogen and oxygen atoms in total. The number of hydrogen-bond donors (Lipinski definition) is 0. The fraction of sp³-hybridized carbons (Fsp3) is 0.0154. The van der Waals surface area contributed by atoms with E-state index in [1.54, 1.807) is 0 Å². The van der Waals surface area contributed by atoms with Crippen molar-refractivity contribution in [1.29, 1.82) is 0 Å². The van der Waals surface area contributed by atoms with Gasteiger partial charge in [0, 0.05) is 34.0 Å². The van der Waals surface area contributed by atoms with Crippen molar-refractivity contribution in [2.75, 3.05) is 9.80 Å². The van der Waals surface area contributed by atoms with Crippen molar-refractivity contribution in [1.82, 2.24) is 0 Å². The van der Waals surface area contributed by atoms with Crippen molar-refractivity contribution in [3.05, 3.63) is 289 Å². The number of para-hydroxylation sites is 1. The molecule has 0 saturated carbocycles. The minimum absolute atomic E-state index is 0.450. The number of fused-ring (bicyclic) bond motifs is 11. The Hall–Kier alpha value is -8.72. The minimum Gasteiger partial charge on any atom is -0.310 e. The molecule has 0 fully saturated rings. The van der Waals surface area contributed by atoms with Crippen LogP contribution >= 0.6 is 0 Å². The van der Waals surface area contributed by atoms with Crippen LogP contribution in [0.5, 0.6) is 0 Å². The van der Waals surface area contributed by atoms with Crippen LogP contribution in [-0.4, -0.2) is 0 Å². The fourth-order valence-corrected chi connectivity index (χ4v) is 11.2. The Labute approximate surface area is 391 Å². The van der Waals surface area contributed by atoms with Crippen LogP contribution in [0.25, 0.3) is 55.3 Å². The summed E-state index contributed by atoms with van der Waals surface area (Å²) in [4.78, 5) is 4.84. The predicted molar refractivity (Wildman–Crippen MR) is 280 cm³/mol. The number of hydrogen-bond acceptors (Lipinski definition) is 2. The van der Waals surface area contributed by atoms with E-state index in [-0.39, 0.29) is 0 Å². The van der Waals surface area contributed by atoms with Crippen LogP contribution in [-0.2, 0) is 5.41 Å². The average Bonchev–Trinajstić information content (AvgIpc) is 3.87. The summed E-state index contributed by atoms with van der Waals surface area (Å²) in [6.07, 6.45) is 0. The summed E-state index contributed by atoms with van der Waals surface area (Å²) in [5.41, 5.74) is 21.4. The van der Waals surface area contributed by atoms with Gasteiger partial charge in [-0.1, -0.05) is 200 Å². The minimum atomic E-state index is -0.450. The molecule has 0 bridgehead atoms. The molecule has 1 spiro atoms. The fourth-order valence-electron chi connectivity index (χ4n) is 11.2. The van der Waals surface area contributed by atoms with Crippen LogP contribution in [0.2, 0.25) is 0 Å². The van der Waals surface area contributed by atoms with E-state index in [9.17, 15) is 0 Å². The van der Waals surface area contributed by atoms with Crippen molar-refractivity contribution in [3.8, 4) is 44.5 Å². The molecule has 0 saturated heterocycles. The summed E-state index contributed by atoms with van der Waals surface area (Å²) in [7, 11) is 0. The molecule has 2 aliphatic rings. The predicted octanol–water partition coefficient (Wildman–Crippen LogP) is 17.5. The van der Waals surface area contributed by atoms with Gasteiger partial charge in [0.1, 0.15) is 0 Å². The monoisotopic (exact) mass is 852 g/mol. The van der Waals surface area contributed by atoms with Gasteiger partial charge in [-0.3, -0.25) is 0 Å². The highest BCUT2D eigenvalue weighted by Gasteiger charge is 2.51. The first kappa shape index (κ1) is 38.7. The third-order valence-corrected chi connectivity index (χ3v) is 14.1. The first-order valence-electron chi connectivity index (χ1n) is 23.2. The second-order valence-electron chi connectivity index (χ2n) is 17.6. The van der Waals surface area contributed by atoms with E-state index >= 15 is 0 Å². The van der Waals surface area contributed by atoms with Crippen LogP contribution in [0.3, 0.4) is 0 Å². The Kier molecular flexibility index (Phi) is 9.11. The molecule has 11 aromatic rings.